The third-order valence-corrected chi connectivity index (χ3v) is 5.44. The molecule has 0 aliphatic carbocycles. The molecule has 0 fully saturated rings. The van der Waals surface area contributed by atoms with Gasteiger partial charge in [-0.05, 0) is 37.4 Å². The first-order valence-electron chi connectivity index (χ1n) is 7.20. The Morgan fingerprint density at radius 2 is 2.05 bits per heavy atom. The zero-order valence-corrected chi connectivity index (χ0v) is 14.5. The molecule has 0 bridgehead atoms. The number of thiophene rings is 1. The van der Waals surface area contributed by atoms with Crippen LogP contribution in [0.5, 0.6) is 0 Å². The lowest BCUT2D eigenvalue weighted by Gasteiger charge is -2.22. The molecule has 0 aliphatic rings. The number of aliphatic hydroxyl groups is 1. The van der Waals surface area contributed by atoms with Gasteiger partial charge in [-0.3, -0.25) is 4.79 Å². The van der Waals surface area contributed by atoms with E-state index in [0.717, 1.165) is 10.6 Å². The van der Waals surface area contributed by atoms with E-state index in [0.29, 0.717) is 6.42 Å². The first kappa shape index (κ1) is 17.1. The van der Waals surface area contributed by atoms with Gasteiger partial charge in [-0.25, -0.2) is 0 Å². The lowest BCUT2D eigenvalue weighted by atomic mass is 10.1. The Hall–Kier alpha value is -1.30. The second-order valence-electron chi connectivity index (χ2n) is 5.44. The third-order valence-electron chi connectivity index (χ3n) is 3.30. The Kier molecular flexibility index (Phi) is 6.06. The molecule has 0 radical (unpaired) electrons. The van der Waals surface area contributed by atoms with Crippen molar-refractivity contribution >= 4 is 29.0 Å². The Morgan fingerprint density at radius 1 is 1.32 bits per heavy atom. The van der Waals surface area contributed by atoms with E-state index in [2.05, 4.69) is 36.5 Å². The zero-order chi connectivity index (χ0) is 16.0. The molecule has 1 amide bonds. The number of hydrogen-bond acceptors (Lipinski definition) is 4. The van der Waals surface area contributed by atoms with Gasteiger partial charge in [0.2, 0.25) is 5.91 Å². The first-order chi connectivity index (χ1) is 10.5. The van der Waals surface area contributed by atoms with Crippen LogP contribution in [0, 0.1) is 6.92 Å². The van der Waals surface area contributed by atoms with Gasteiger partial charge in [-0.15, -0.1) is 23.1 Å². The molecule has 2 rings (SSSR count). The van der Waals surface area contributed by atoms with Gasteiger partial charge in [0.15, 0.2) is 0 Å². The molecule has 0 spiro atoms. The van der Waals surface area contributed by atoms with Gasteiger partial charge < -0.3 is 10.4 Å². The predicted molar refractivity (Wildman–Crippen MR) is 93.4 cm³/mol. The minimum Gasteiger partial charge on any atom is -0.383 e. The molecule has 1 unspecified atom stereocenters. The van der Waals surface area contributed by atoms with Gasteiger partial charge in [0.1, 0.15) is 5.60 Å². The fourth-order valence-electron chi connectivity index (χ4n) is 1.93. The molecule has 118 valence electrons. The fraction of sp³-hybridized carbons (Fsp3) is 0.353. The molecule has 2 N–H and O–H groups in total. The molecule has 2 aromatic rings. The van der Waals surface area contributed by atoms with E-state index in [1.54, 1.807) is 18.7 Å². The molecule has 1 heterocycles. The van der Waals surface area contributed by atoms with Crippen LogP contribution in [-0.4, -0.2) is 23.3 Å². The second-order valence-corrected chi connectivity index (χ2v) is 7.56. The highest BCUT2D eigenvalue weighted by Gasteiger charge is 2.24. The van der Waals surface area contributed by atoms with Crippen LogP contribution in [0.15, 0.2) is 46.7 Å². The number of carbonyl (C=O) groups is 1. The molecule has 22 heavy (non-hydrogen) atoms. The van der Waals surface area contributed by atoms with Crippen LogP contribution in [-0.2, 0) is 10.4 Å². The smallest absolute Gasteiger partial charge is 0.220 e. The topological polar surface area (TPSA) is 49.3 Å². The summed E-state index contributed by atoms with van der Waals surface area (Å²) in [4.78, 5) is 13.9. The van der Waals surface area contributed by atoms with E-state index in [1.807, 2.05) is 17.5 Å². The summed E-state index contributed by atoms with van der Waals surface area (Å²) in [7, 11) is 0. The van der Waals surface area contributed by atoms with E-state index in [1.165, 1.54) is 21.8 Å². The summed E-state index contributed by atoms with van der Waals surface area (Å²) in [5.41, 5.74) is 0.228. The van der Waals surface area contributed by atoms with E-state index >= 15 is 0 Å². The zero-order valence-electron chi connectivity index (χ0n) is 12.8. The van der Waals surface area contributed by atoms with Crippen molar-refractivity contribution in [3.63, 3.8) is 0 Å². The van der Waals surface area contributed by atoms with Crippen molar-refractivity contribution in [2.45, 2.75) is 30.8 Å². The number of hydrogen-bond donors (Lipinski definition) is 2. The summed E-state index contributed by atoms with van der Waals surface area (Å²) in [6.07, 6.45) is 0.444. The molecular formula is C17H21NO2S2. The number of carbonyl (C=O) groups excluding carboxylic acids is 1. The van der Waals surface area contributed by atoms with Crippen molar-refractivity contribution in [2.24, 2.45) is 0 Å². The fourth-order valence-corrected chi connectivity index (χ4v) is 3.57. The number of amides is 1. The standard InChI is InChI=1S/C17H21NO2S2/c1-13-5-7-14(8-6-13)21-11-9-16(19)18-12-17(2,20)15-4-3-10-22-15/h3-8,10,20H,9,11-12H2,1-2H3,(H,18,19). The van der Waals surface area contributed by atoms with Crippen molar-refractivity contribution in [3.8, 4) is 0 Å². The SMILES string of the molecule is Cc1ccc(SCCC(=O)NCC(C)(O)c2cccs2)cc1. The van der Waals surface area contributed by atoms with Crippen molar-refractivity contribution < 1.29 is 9.90 Å². The predicted octanol–water partition coefficient (Wildman–Crippen LogP) is 3.56. The Balaban J connectivity index is 1.71. The van der Waals surface area contributed by atoms with Crippen LogP contribution >= 0.6 is 23.1 Å². The van der Waals surface area contributed by atoms with E-state index in [-0.39, 0.29) is 12.5 Å². The number of rotatable bonds is 7. The van der Waals surface area contributed by atoms with Crippen LogP contribution in [0.25, 0.3) is 0 Å². The monoisotopic (exact) mass is 335 g/mol. The van der Waals surface area contributed by atoms with Gasteiger partial charge in [-0.1, -0.05) is 23.8 Å². The largest absolute Gasteiger partial charge is 0.383 e. The maximum atomic E-state index is 11.9. The normalized spacial score (nSPS) is 13.6. The van der Waals surface area contributed by atoms with Crippen molar-refractivity contribution in [3.05, 3.63) is 52.2 Å². The average Bonchev–Trinajstić information content (AvgIpc) is 3.02. The number of aryl methyl sites for hydroxylation is 1. The highest BCUT2D eigenvalue weighted by molar-refractivity contribution is 7.99. The number of nitrogens with one attached hydrogen (secondary N) is 1. The van der Waals surface area contributed by atoms with Gasteiger partial charge in [-0.2, -0.15) is 0 Å². The molecule has 5 heteroatoms. The minimum absolute atomic E-state index is 0.0311. The molecule has 1 atom stereocenters. The lowest BCUT2D eigenvalue weighted by molar-refractivity contribution is -0.121. The average molecular weight is 335 g/mol. The maximum absolute atomic E-state index is 11.9. The Morgan fingerprint density at radius 3 is 2.68 bits per heavy atom. The van der Waals surface area contributed by atoms with Crippen molar-refractivity contribution in [1.29, 1.82) is 0 Å². The quantitative estimate of drug-likeness (QED) is 0.761. The molecule has 1 aromatic carbocycles. The maximum Gasteiger partial charge on any atom is 0.220 e. The Labute approximate surface area is 139 Å². The van der Waals surface area contributed by atoms with Crippen LogP contribution in [0.4, 0.5) is 0 Å². The lowest BCUT2D eigenvalue weighted by Crippen LogP contribution is -2.38. The highest BCUT2D eigenvalue weighted by Crippen LogP contribution is 2.24. The van der Waals surface area contributed by atoms with Crippen LogP contribution in [0.1, 0.15) is 23.8 Å². The van der Waals surface area contributed by atoms with E-state index in [9.17, 15) is 9.90 Å². The van der Waals surface area contributed by atoms with Crippen molar-refractivity contribution in [2.75, 3.05) is 12.3 Å². The first-order valence-corrected chi connectivity index (χ1v) is 9.06. The van der Waals surface area contributed by atoms with E-state index < -0.39 is 5.60 Å². The summed E-state index contributed by atoms with van der Waals surface area (Å²) >= 11 is 3.16. The van der Waals surface area contributed by atoms with Crippen LogP contribution in [0.2, 0.25) is 0 Å². The molecule has 0 aliphatic heterocycles. The van der Waals surface area contributed by atoms with Gasteiger partial charge in [0, 0.05) is 21.9 Å². The summed E-state index contributed by atoms with van der Waals surface area (Å²) in [6.45, 7) is 4.02. The summed E-state index contributed by atoms with van der Waals surface area (Å²) < 4.78 is 0. The van der Waals surface area contributed by atoms with Gasteiger partial charge >= 0.3 is 0 Å². The molecule has 3 nitrogen and oxygen atoms in total. The van der Waals surface area contributed by atoms with Crippen LogP contribution in [0.3, 0.4) is 0 Å². The summed E-state index contributed by atoms with van der Waals surface area (Å²) in [5, 5.41) is 15.1. The second kappa shape index (κ2) is 7.81. The molecule has 0 saturated carbocycles. The summed E-state index contributed by atoms with van der Waals surface area (Å²) in [6, 6.07) is 12.1. The third kappa shape index (κ3) is 5.16. The van der Waals surface area contributed by atoms with Crippen LogP contribution < -0.4 is 5.32 Å². The number of benzene rings is 1. The molecular weight excluding hydrogens is 314 g/mol. The van der Waals surface area contributed by atoms with E-state index in [4.69, 9.17) is 0 Å². The molecule has 0 saturated heterocycles. The van der Waals surface area contributed by atoms with Crippen molar-refractivity contribution in [1.82, 2.24) is 5.32 Å². The number of thioether (sulfide) groups is 1. The summed E-state index contributed by atoms with van der Waals surface area (Å²) in [5.74, 6) is 0.701. The minimum atomic E-state index is -1.01. The van der Waals surface area contributed by atoms with Gasteiger partial charge in [0.05, 0.1) is 6.54 Å². The highest BCUT2D eigenvalue weighted by atomic mass is 32.2. The van der Waals surface area contributed by atoms with Gasteiger partial charge in [0.25, 0.3) is 0 Å². The molecule has 1 aromatic heterocycles. The Bertz CT molecular complexity index is 592.